The van der Waals surface area contributed by atoms with Gasteiger partial charge in [-0.1, -0.05) is 6.07 Å². The predicted molar refractivity (Wildman–Crippen MR) is 42.3 cm³/mol. The summed E-state index contributed by atoms with van der Waals surface area (Å²) >= 11 is 0. The minimum absolute atomic E-state index is 0.759. The molecule has 0 saturated heterocycles. The lowest BCUT2D eigenvalue weighted by Gasteiger charge is -2.24. The summed E-state index contributed by atoms with van der Waals surface area (Å²) in [5.74, 6) is 0.943. The van der Waals surface area contributed by atoms with Gasteiger partial charge in [-0.2, -0.15) is 0 Å². The molecule has 0 N–H and O–H groups in total. The molecule has 0 bridgehead atoms. The molecule has 0 spiro atoms. The van der Waals surface area contributed by atoms with Crippen LogP contribution in [0.2, 0.25) is 0 Å². The van der Waals surface area contributed by atoms with Crippen LogP contribution in [0.4, 0.5) is 5.82 Å². The van der Waals surface area contributed by atoms with Crippen LogP contribution < -0.4 is 5.06 Å². The van der Waals surface area contributed by atoms with Gasteiger partial charge in [0.25, 0.3) is 0 Å². The highest BCUT2D eigenvalue weighted by Gasteiger charge is 2.13. The standard InChI is InChI=1S/C8H10N2O/c1-10-8-7(4-6-11-10)3-2-5-9-8/h2-3,5H,4,6H2,1H3. The molecular weight excluding hydrogens is 140 g/mol. The maximum absolute atomic E-state index is 5.28. The van der Waals surface area contributed by atoms with Crippen molar-refractivity contribution in [2.24, 2.45) is 0 Å². The molecule has 1 aromatic rings. The van der Waals surface area contributed by atoms with Crippen LogP contribution in [0, 0.1) is 0 Å². The minimum atomic E-state index is 0.759. The van der Waals surface area contributed by atoms with Crippen molar-refractivity contribution in [3.63, 3.8) is 0 Å². The first-order valence-corrected chi connectivity index (χ1v) is 3.68. The smallest absolute Gasteiger partial charge is 0.155 e. The lowest BCUT2D eigenvalue weighted by Crippen LogP contribution is -2.26. The number of hydrogen-bond acceptors (Lipinski definition) is 3. The molecule has 1 aliphatic heterocycles. The molecule has 0 amide bonds. The van der Waals surface area contributed by atoms with Crippen molar-refractivity contribution in [2.75, 3.05) is 18.7 Å². The van der Waals surface area contributed by atoms with E-state index in [2.05, 4.69) is 11.1 Å². The van der Waals surface area contributed by atoms with Gasteiger partial charge < -0.3 is 0 Å². The topological polar surface area (TPSA) is 25.4 Å². The summed E-state index contributed by atoms with van der Waals surface area (Å²) in [7, 11) is 1.88. The molecule has 11 heavy (non-hydrogen) atoms. The van der Waals surface area contributed by atoms with E-state index in [1.54, 1.807) is 11.3 Å². The molecule has 58 valence electrons. The highest BCUT2D eigenvalue weighted by Crippen LogP contribution is 2.20. The van der Waals surface area contributed by atoms with Gasteiger partial charge in [-0.05, 0) is 11.6 Å². The summed E-state index contributed by atoms with van der Waals surface area (Å²) in [6.45, 7) is 0.759. The lowest BCUT2D eigenvalue weighted by atomic mass is 10.2. The number of rotatable bonds is 0. The lowest BCUT2D eigenvalue weighted by molar-refractivity contribution is 0.112. The maximum Gasteiger partial charge on any atom is 0.155 e. The van der Waals surface area contributed by atoms with Gasteiger partial charge >= 0.3 is 0 Å². The molecule has 1 aromatic heterocycles. The van der Waals surface area contributed by atoms with E-state index in [4.69, 9.17) is 4.84 Å². The molecule has 3 heteroatoms. The molecule has 3 nitrogen and oxygen atoms in total. The molecule has 0 fully saturated rings. The minimum Gasteiger partial charge on any atom is -0.272 e. The van der Waals surface area contributed by atoms with Crippen LogP contribution >= 0.6 is 0 Å². The number of aromatic nitrogens is 1. The van der Waals surface area contributed by atoms with Gasteiger partial charge in [0.15, 0.2) is 5.82 Å². The van der Waals surface area contributed by atoms with Crippen LogP contribution in [-0.2, 0) is 11.3 Å². The van der Waals surface area contributed by atoms with Gasteiger partial charge in [0.05, 0.1) is 6.61 Å². The van der Waals surface area contributed by atoms with Crippen molar-refractivity contribution in [2.45, 2.75) is 6.42 Å². The SMILES string of the molecule is CN1OCCc2cccnc21. The first-order chi connectivity index (χ1) is 5.38. The van der Waals surface area contributed by atoms with Gasteiger partial charge in [0, 0.05) is 19.7 Å². The number of fused-ring (bicyclic) bond motifs is 1. The average molecular weight is 150 g/mol. The van der Waals surface area contributed by atoms with E-state index in [1.807, 2.05) is 13.1 Å². The maximum atomic E-state index is 5.28. The van der Waals surface area contributed by atoms with Crippen molar-refractivity contribution >= 4 is 5.82 Å². The molecule has 0 radical (unpaired) electrons. The van der Waals surface area contributed by atoms with Gasteiger partial charge in [-0.3, -0.25) is 4.84 Å². The third-order valence-electron chi connectivity index (χ3n) is 1.82. The van der Waals surface area contributed by atoms with E-state index in [9.17, 15) is 0 Å². The molecule has 0 saturated carbocycles. The molecule has 2 rings (SSSR count). The molecule has 0 atom stereocenters. The van der Waals surface area contributed by atoms with Crippen molar-refractivity contribution in [3.8, 4) is 0 Å². The number of hydroxylamine groups is 1. The third kappa shape index (κ3) is 1.07. The summed E-state index contributed by atoms with van der Waals surface area (Å²) in [6, 6.07) is 4.04. The van der Waals surface area contributed by atoms with Crippen LogP contribution in [-0.4, -0.2) is 18.6 Å². The van der Waals surface area contributed by atoms with Crippen molar-refractivity contribution in [1.29, 1.82) is 0 Å². The molecular formula is C8H10N2O. The second-order valence-electron chi connectivity index (χ2n) is 2.57. The average Bonchev–Trinajstić information content (AvgIpc) is 2.06. The summed E-state index contributed by atoms with van der Waals surface area (Å²) in [5, 5.41) is 1.72. The van der Waals surface area contributed by atoms with Gasteiger partial charge in [0.2, 0.25) is 0 Å². The Kier molecular flexibility index (Phi) is 1.51. The highest BCUT2D eigenvalue weighted by atomic mass is 16.7. The zero-order chi connectivity index (χ0) is 7.68. The van der Waals surface area contributed by atoms with Crippen molar-refractivity contribution in [3.05, 3.63) is 23.9 Å². The molecule has 2 heterocycles. The Labute approximate surface area is 65.6 Å². The van der Waals surface area contributed by atoms with Crippen LogP contribution in [0.3, 0.4) is 0 Å². The normalized spacial score (nSPS) is 16.3. The van der Waals surface area contributed by atoms with E-state index < -0.39 is 0 Å². The molecule has 0 aromatic carbocycles. The van der Waals surface area contributed by atoms with Crippen LogP contribution in [0.25, 0.3) is 0 Å². The van der Waals surface area contributed by atoms with Crippen LogP contribution in [0.15, 0.2) is 18.3 Å². The fraction of sp³-hybridized carbons (Fsp3) is 0.375. The number of nitrogens with zero attached hydrogens (tertiary/aromatic N) is 2. The number of anilines is 1. The number of hydrogen-bond donors (Lipinski definition) is 0. The third-order valence-corrected chi connectivity index (χ3v) is 1.82. The first-order valence-electron chi connectivity index (χ1n) is 3.68. The van der Waals surface area contributed by atoms with E-state index in [-0.39, 0.29) is 0 Å². The largest absolute Gasteiger partial charge is 0.272 e. The van der Waals surface area contributed by atoms with E-state index in [1.165, 1.54) is 5.56 Å². The first kappa shape index (κ1) is 6.61. The monoisotopic (exact) mass is 150 g/mol. The predicted octanol–water partition coefficient (Wildman–Crippen LogP) is 1.01. The van der Waals surface area contributed by atoms with E-state index in [0.717, 1.165) is 18.8 Å². The van der Waals surface area contributed by atoms with Crippen molar-refractivity contribution in [1.82, 2.24) is 4.98 Å². The Bertz CT molecular complexity index is 262. The fourth-order valence-electron chi connectivity index (χ4n) is 1.26. The van der Waals surface area contributed by atoms with E-state index in [0.29, 0.717) is 0 Å². The summed E-state index contributed by atoms with van der Waals surface area (Å²) in [6.07, 6.45) is 2.75. The van der Waals surface area contributed by atoms with Gasteiger partial charge in [-0.25, -0.2) is 10.0 Å². The quantitative estimate of drug-likeness (QED) is 0.551. The van der Waals surface area contributed by atoms with Crippen LogP contribution in [0.5, 0.6) is 0 Å². The zero-order valence-corrected chi connectivity index (χ0v) is 6.45. The Hall–Kier alpha value is -1.09. The fourth-order valence-corrected chi connectivity index (χ4v) is 1.26. The Morgan fingerprint density at radius 2 is 2.55 bits per heavy atom. The molecule has 0 aliphatic carbocycles. The van der Waals surface area contributed by atoms with Crippen molar-refractivity contribution < 1.29 is 4.84 Å². The van der Waals surface area contributed by atoms with Gasteiger partial charge in [0.1, 0.15) is 0 Å². The Morgan fingerprint density at radius 1 is 1.64 bits per heavy atom. The van der Waals surface area contributed by atoms with Gasteiger partial charge in [-0.15, -0.1) is 0 Å². The highest BCUT2D eigenvalue weighted by molar-refractivity contribution is 5.44. The number of pyridine rings is 1. The van der Waals surface area contributed by atoms with E-state index >= 15 is 0 Å². The summed E-state index contributed by atoms with van der Waals surface area (Å²) in [5.41, 5.74) is 1.27. The summed E-state index contributed by atoms with van der Waals surface area (Å²) < 4.78 is 0. The second-order valence-corrected chi connectivity index (χ2v) is 2.57. The second kappa shape index (κ2) is 2.51. The molecule has 1 aliphatic rings. The summed E-state index contributed by atoms with van der Waals surface area (Å²) in [4.78, 5) is 9.48. The Balaban J connectivity index is 2.44. The Morgan fingerprint density at radius 3 is 3.36 bits per heavy atom. The van der Waals surface area contributed by atoms with Crippen LogP contribution in [0.1, 0.15) is 5.56 Å². The molecule has 0 unspecified atom stereocenters. The zero-order valence-electron chi connectivity index (χ0n) is 6.45.